The number of para-hydroxylation sites is 1. The van der Waals surface area contributed by atoms with E-state index in [-0.39, 0.29) is 11.8 Å². The number of hydrogen-bond acceptors (Lipinski definition) is 4. The van der Waals surface area contributed by atoms with Gasteiger partial charge in [-0.3, -0.25) is 9.79 Å². The summed E-state index contributed by atoms with van der Waals surface area (Å²) in [6.07, 6.45) is 0.445. The van der Waals surface area contributed by atoms with Gasteiger partial charge in [0, 0.05) is 24.6 Å². The number of amides is 1. The summed E-state index contributed by atoms with van der Waals surface area (Å²) in [6, 6.07) is 15.4. The molecule has 0 fully saturated rings. The summed E-state index contributed by atoms with van der Waals surface area (Å²) in [5.74, 6) is 2.42. The summed E-state index contributed by atoms with van der Waals surface area (Å²) < 4.78 is 10.9. The van der Waals surface area contributed by atoms with Gasteiger partial charge in [-0.2, -0.15) is 0 Å². The van der Waals surface area contributed by atoms with E-state index in [9.17, 15) is 4.79 Å². The van der Waals surface area contributed by atoms with Crippen LogP contribution in [0.1, 0.15) is 24.8 Å². The Labute approximate surface area is 171 Å². The molecule has 0 aromatic heterocycles. The first-order chi connectivity index (χ1) is 14.2. The average Bonchev–Trinajstić information content (AvgIpc) is 2.75. The number of hydrogen-bond donors (Lipinski definition) is 3. The van der Waals surface area contributed by atoms with Crippen LogP contribution in [0.2, 0.25) is 0 Å². The van der Waals surface area contributed by atoms with Gasteiger partial charge in [-0.25, -0.2) is 0 Å². The van der Waals surface area contributed by atoms with Crippen LogP contribution in [0.5, 0.6) is 11.5 Å². The predicted octanol–water partition coefficient (Wildman–Crippen LogP) is 2.76. The fourth-order valence-corrected chi connectivity index (χ4v) is 3.22. The van der Waals surface area contributed by atoms with Crippen LogP contribution < -0.4 is 25.4 Å². The van der Waals surface area contributed by atoms with Crippen molar-refractivity contribution in [3.05, 3.63) is 54.1 Å². The third-order valence-corrected chi connectivity index (χ3v) is 4.64. The van der Waals surface area contributed by atoms with Crippen molar-refractivity contribution in [3.63, 3.8) is 0 Å². The molecule has 1 aliphatic rings. The van der Waals surface area contributed by atoms with Gasteiger partial charge in [0.05, 0.1) is 20.2 Å². The monoisotopic (exact) mass is 396 g/mol. The Morgan fingerprint density at radius 1 is 1.14 bits per heavy atom. The first kappa shape index (κ1) is 20.5. The van der Waals surface area contributed by atoms with Gasteiger partial charge in [-0.15, -0.1) is 0 Å². The number of fused-ring (bicyclic) bond motifs is 1. The van der Waals surface area contributed by atoms with E-state index < -0.39 is 0 Å². The van der Waals surface area contributed by atoms with Crippen LogP contribution in [0.4, 0.5) is 5.69 Å². The lowest BCUT2D eigenvalue weighted by Gasteiger charge is -2.24. The molecule has 1 unspecified atom stereocenters. The number of benzene rings is 2. The highest BCUT2D eigenvalue weighted by atomic mass is 16.5. The smallest absolute Gasteiger partial charge is 0.225 e. The summed E-state index contributed by atoms with van der Waals surface area (Å²) in [5, 5.41) is 9.44. The molecular weight excluding hydrogens is 368 g/mol. The van der Waals surface area contributed by atoms with Crippen LogP contribution in [0.3, 0.4) is 0 Å². The number of nitrogens with one attached hydrogen (secondary N) is 3. The van der Waals surface area contributed by atoms with Crippen molar-refractivity contribution in [3.8, 4) is 11.5 Å². The van der Waals surface area contributed by atoms with Crippen LogP contribution >= 0.6 is 0 Å². The molecule has 2 aromatic carbocycles. The molecule has 2 aromatic rings. The van der Waals surface area contributed by atoms with Gasteiger partial charge < -0.3 is 25.4 Å². The minimum Gasteiger partial charge on any atom is -0.497 e. The van der Waals surface area contributed by atoms with E-state index in [1.165, 1.54) is 0 Å². The maximum Gasteiger partial charge on any atom is 0.225 e. The van der Waals surface area contributed by atoms with E-state index in [2.05, 4.69) is 27.0 Å². The highest BCUT2D eigenvalue weighted by molar-refractivity contribution is 5.94. The van der Waals surface area contributed by atoms with Gasteiger partial charge in [0.25, 0.3) is 0 Å². The molecule has 1 aliphatic heterocycles. The van der Waals surface area contributed by atoms with Crippen molar-refractivity contribution in [2.45, 2.75) is 19.3 Å². The van der Waals surface area contributed by atoms with E-state index in [0.717, 1.165) is 29.3 Å². The Kier molecular flexibility index (Phi) is 7.33. The number of aliphatic imine (C=N–C) groups is 1. The fraction of sp³-hybridized carbons (Fsp3) is 0.364. The number of carbonyl (C=O) groups excluding carboxylic acids is 1. The zero-order valence-electron chi connectivity index (χ0n) is 16.9. The molecule has 0 saturated heterocycles. The Bertz CT molecular complexity index is 836. The molecule has 0 aliphatic carbocycles. The second kappa shape index (κ2) is 10.4. The van der Waals surface area contributed by atoms with E-state index in [1.807, 2.05) is 49.4 Å². The van der Waals surface area contributed by atoms with Crippen LogP contribution in [0, 0.1) is 0 Å². The predicted molar refractivity (Wildman–Crippen MR) is 115 cm³/mol. The number of ether oxygens (including phenoxy) is 2. The number of guanidine groups is 1. The second-order valence-electron chi connectivity index (χ2n) is 6.71. The summed E-state index contributed by atoms with van der Waals surface area (Å²) in [7, 11) is 1.64. The Hall–Kier alpha value is -3.22. The number of anilines is 1. The molecule has 1 atom stereocenters. The first-order valence-electron chi connectivity index (χ1n) is 9.87. The van der Waals surface area contributed by atoms with Crippen molar-refractivity contribution in [2.24, 2.45) is 4.99 Å². The van der Waals surface area contributed by atoms with Gasteiger partial charge in [0.1, 0.15) is 18.1 Å². The van der Waals surface area contributed by atoms with Crippen LogP contribution in [0.15, 0.2) is 53.5 Å². The molecule has 7 nitrogen and oxygen atoms in total. The minimum atomic E-state index is 0.0368. The number of nitrogens with zero attached hydrogens (tertiary/aromatic N) is 1. The van der Waals surface area contributed by atoms with Crippen molar-refractivity contribution >= 4 is 17.6 Å². The molecule has 0 saturated carbocycles. The van der Waals surface area contributed by atoms with Crippen molar-refractivity contribution in [1.82, 2.24) is 10.6 Å². The van der Waals surface area contributed by atoms with Crippen molar-refractivity contribution in [2.75, 3.05) is 38.7 Å². The number of methoxy groups -OCH3 is 1. The molecule has 3 rings (SSSR count). The SMILES string of the molecule is CCNC(=NCC1CC(=O)Nc2ccccc21)NCCOc1ccc(OC)cc1. The standard InChI is InChI=1S/C22H28N4O3/c1-3-23-22(24-12-13-29-18-10-8-17(28-2)9-11-18)25-15-16-14-21(27)26-20-7-5-4-6-19(16)20/h4-11,16H,3,12-15H2,1-2H3,(H,26,27)(H2,23,24,25). The maximum absolute atomic E-state index is 12.0. The van der Waals surface area contributed by atoms with Gasteiger partial charge in [0.15, 0.2) is 5.96 Å². The van der Waals surface area contributed by atoms with Crippen molar-refractivity contribution in [1.29, 1.82) is 0 Å². The second-order valence-corrected chi connectivity index (χ2v) is 6.71. The normalized spacial score (nSPS) is 15.9. The average molecular weight is 396 g/mol. The van der Waals surface area contributed by atoms with Crippen molar-refractivity contribution < 1.29 is 14.3 Å². The largest absolute Gasteiger partial charge is 0.497 e. The number of carbonyl (C=O) groups is 1. The molecular formula is C22H28N4O3. The van der Waals surface area contributed by atoms with Crippen LogP contribution in [-0.4, -0.2) is 45.2 Å². The highest BCUT2D eigenvalue weighted by Crippen LogP contribution is 2.31. The van der Waals surface area contributed by atoms with Gasteiger partial charge in [-0.1, -0.05) is 18.2 Å². The fourth-order valence-electron chi connectivity index (χ4n) is 3.22. The third kappa shape index (κ3) is 5.88. The van der Waals surface area contributed by atoms with Gasteiger partial charge in [-0.05, 0) is 42.8 Å². The summed E-state index contributed by atoms with van der Waals surface area (Å²) in [5.41, 5.74) is 2.02. The topological polar surface area (TPSA) is 84.0 Å². The third-order valence-electron chi connectivity index (χ3n) is 4.64. The van der Waals surface area contributed by atoms with E-state index in [4.69, 9.17) is 9.47 Å². The summed E-state index contributed by atoms with van der Waals surface area (Å²) in [4.78, 5) is 16.7. The summed E-state index contributed by atoms with van der Waals surface area (Å²) >= 11 is 0. The highest BCUT2D eigenvalue weighted by Gasteiger charge is 2.24. The van der Waals surface area contributed by atoms with E-state index >= 15 is 0 Å². The molecule has 0 spiro atoms. The lowest BCUT2D eigenvalue weighted by molar-refractivity contribution is -0.116. The van der Waals surface area contributed by atoms with Crippen LogP contribution in [-0.2, 0) is 4.79 Å². The molecule has 3 N–H and O–H groups in total. The molecule has 1 amide bonds. The zero-order valence-corrected chi connectivity index (χ0v) is 16.9. The molecule has 7 heteroatoms. The van der Waals surface area contributed by atoms with E-state index in [1.54, 1.807) is 7.11 Å². The lowest BCUT2D eigenvalue weighted by Crippen LogP contribution is -2.39. The van der Waals surface area contributed by atoms with Crippen LogP contribution in [0.25, 0.3) is 0 Å². The van der Waals surface area contributed by atoms with Gasteiger partial charge in [0.2, 0.25) is 5.91 Å². The molecule has 0 radical (unpaired) electrons. The Morgan fingerprint density at radius 2 is 1.90 bits per heavy atom. The van der Waals surface area contributed by atoms with E-state index in [0.29, 0.717) is 32.1 Å². The molecule has 1 heterocycles. The quantitative estimate of drug-likeness (QED) is 0.363. The first-order valence-corrected chi connectivity index (χ1v) is 9.87. The maximum atomic E-state index is 12.0. The minimum absolute atomic E-state index is 0.0368. The Balaban J connectivity index is 1.52. The summed E-state index contributed by atoms with van der Waals surface area (Å²) in [6.45, 7) is 4.44. The van der Waals surface area contributed by atoms with Gasteiger partial charge >= 0.3 is 0 Å². The lowest BCUT2D eigenvalue weighted by atomic mass is 9.91. The molecule has 0 bridgehead atoms. The number of rotatable bonds is 8. The molecule has 29 heavy (non-hydrogen) atoms. The zero-order chi connectivity index (χ0) is 20.5. The molecule has 154 valence electrons. The Morgan fingerprint density at radius 3 is 2.66 bits per heavy atom.